The summed E-state index contributed by atoms with van der Waals surface area (Å²) in [4.78, 5) is 2.50. The Balaban J connectivity index is 1.79. The van der Waals surface area contributed by atoms with E-state index in [9.17, 15) is 0 Å². The van der Waals surface area contributed by atoms with Gasteiger partial charge in [0.2, 0.25) is 0 Å². The molecule has 78 valence electrons. The first-order valence-electron chi connectivity index (χ1n) is 5.32. The minimum Gasteiger partial charge on any atom is -0.469 e. The van der Waals surface area contributed by atoms with Gasteiger partial charge in [0.1, 0.15) is 5.76 Å². The Morgan fingerprint density at radius 2 is 2.21 bits per heavy atom. The standard InChI is InChI=1S/C11H18N2O/c1-10-11(3-9-14-10)2-6-13-7-4-12-5-8-13/h3,9,12H,2,4-8H2,1H3. The zero-order chi connectivity index (χ0) is 9.80. The lowest BCUT2D eigenvalue weighted by atomic mass is 10.2. The predicted octanol–water partition coefficient (Wildman–Crippen LogP) is 1.04. The maximum absolute atomic E-state index is 5.27. The van der Waals surface area contributed by atoms with Gasteiger partial charge in [0.15, 0.2) is 0 Å². The number of hydrogen-bond donors (Lipinski definition) is 1. The molecule has 1 fully saturated rings. The van der Waals surface area contributed by atoms with E-state index in [4.69, 9.17) is 4.42 Å². The van der Waals surface area contributed by atoms with Gasteiger partial charge in [-0.15, -0.1) is 0 Å². The molecule has 1 aliphatic rings. The molecule has 0 bridgehead atoms. The monoisotopic (exact) mass is 194 g/mol. The molecule has 0 unspecified atom stereocenters. The quantitative estimate of drug-likeness (QED) is 0.779. The molecule has 2 heterocycles. The van der Waals surface area contributed by atoms with Gasteiger partial charge < -0.3 is 14.6 Å². The van der Waals surface area contributed by atoms with E-state index in [-0.39, 0.29) is 0 Å². The van der Waals surface area contributed by atoms with Gasteiger partial charge in [-0.3, -0.25) is 0 Å². The molecular weight excluding hydrogens is 176 g/mol. The maximum atomic E-state index is 5.27. The molecule has 0 spiro atoms. The summed E-state index contributed by atoms with van der Waals surface area (Å²) in [5.74, 6) is 1.07. The van der Waals surface area contributed by atoms with Gasteiger partial charge in [-0.2, -0.15) is 0 Å². The van der Waals surface area contributed by atoms with Crippen molar-refractivity contribution in [3.05, 3.63) is 23.7 Å². The molecule has 1 saturated heterocycles. The third-order valence-corrected chi connectivity index (χ3v) is 2.87. The van der Waals surface area contributed by atoms with Crippen LogP contribution >= 0.6 is 0 Å². The third-order valence-electron chi connectivity index (χ3n) is 2.87. The summed E-state index contributed by atoms with van der Waals surface area (Å²) in [5, 5.41) is 3.36. The number of nitrogens with zero attached hydrogens (tertiary/aromatic N) is 1. The van der Waals surface area contributed by atoms with Crippen molar-refractivity contribution in [2.45, 2.75) is 13.3 Å². The Bertz CT molecular complexity index is 277. The normalized spacial score (nSPS) is 18.6. The molecule has 0 radical (unpaired) electrons. The van der Waals surface area contributed by atoms with Crippen molar-refractivity contribution in [2.24, 2.45) is 0 Å². The fourth-order valence-electron chi connectivity index (χ4n) is 1.88. The van der Waals surface area contributed by atoms with Crippen LogP contribution < -0.4 is 5.32 Å². The molecule has 3 heteroatoms. The number of piperazine rings is 1. The van der Waals surface area contributed by atoms with Crippen LogP contribution in [0.3, 0.4) is 0 Å². The summed E-state index contributed by atoms with van der Waals surface area (Å²) in [6, 6.07) is 2.08. The van der Waals surface area contributed by atoms with Crippen LogP contribution in [-0.4, -0.2) is 37.6 Å². The second kappa shape index (κ2) is 4.62. The van der Waals surface area contributed by atoms with Crippen LogP contribution in [0.2, 0.25) is 0 Å². The lowest BCUT2D eigenvalue weighted by Gasteiger charge is -2.26. The Hall–Kier alpha value is -0.800. The van der Waals surface area contributed by atoms with E-state index in [1.165, 1.54) is 18.7 Å². The Morgan fingerprint density at radius 1 is 1.43 bits per heavy atom. The second-order valence-electron chi connectivity index (χ2n) is 3.84. The molecular formula is C11H18N2O. The lowest BCUT2D eigenvalue weighted by Crippen LogP contribution is -2.44. The summed E-state index contributed by atoms with van der Waals surface area (Å²) in [6.07, 6.45) is 2.89. The molecule has 0 saturated carbocycles. The largest absolute Gasteiger partial charge is 0.469 e. The van der Waals surface area contributed by atoms with E-state index in [1.807, 2.05) is 6.92 Å². The van der Waals surface area contributed by atoms with Crippen LogP contribution in [0.4, 0.5) is 0 Å². The van der Waals surface area contributed by atoms with E-state index < -0.39 is 0 Å². The van der Waals surface area contributed by atoms with E-state index in [2.05, 4.69) is 16.3 Å². The highest BCUT2D eigenvalue weighted by Crippen LogP contribution is 2.10. The number of aryl methyl sites for hydroxylation is 1. The molecule has 1 aromatic rings. The number of nitrogens with one attached hydrogen (secondary N) is 1. The fourth-order valence-corrected chi connectivity index (χ4v) is 1.88. The highest BCUT2D eigenvalue weighted by Gasteiger charge is 2.10. The van der Waals surface area contributed by atoms with Gasteiger partial charge >= 0.3 is 0 Å². The molecule has 14 heavy (non-hydrogen) atoms. The van der Waals surface area contributed by atoms with E-state index in [0.717, 1.165) is 31.8 Å². The highest BCUT2D eigenvalue weighted by atomic mass is 16.3. The summed E-state index contributed by atoms with van der Waals surface area (Å²) >= 11 is 0. The van der Waals surface area contributed by atoms with Gasteiger partial charge in [-0.25, -0.2) is 0 Å². The third kappa shape index (κ3) is 2.36. The Labute approximate surface area is 85.1 Å². The molecule has 0 atom stereocenters. The number of rotatable bonds is 3. The summed E-state index contributed by atoms with van der Waals surface area (Å²) < 4.78 is 5.27. The van der Waals surface area contributed by atoms with Crippen molar-refractivity contribution < 1.29 is 4.42 Å². The molecule has 0 aromatic carbocycles. The van der Waals surface area contributed by atoms with Crippen molar-refractivity contribution in [3.63, 3.8) is 0 Å². The molecule has 0 amide bonds. The van der Waals surface area contributed by atoms with Gasteiger partial charge in [0, 0.05) is 32.7 Å². The van der Waals surface area contributed by atoms with Crippen LogP contribution in [0.25, 0.3) is 0 Å². The number of furan rings is 1. The van der Waals surface area contributed by atoms with Gasteiger partial charge in [0.05, 0.1) is 6.26 Å². The average molecular weight is 194 g/mol. The second-order valence-corrected chi connectivity index (χ2v) is 3.84. The lowest BCUT2D eigenvalue weighted by molar-refractivity contribution is 0.243. The first-order valence-corrected chi connectivity index (χ1v) is 5.32. The fraction of sp³-hybridized carbons (Fsp3) is 0.636. The smallest absolute Gasteiger partial charge is 0.103 e. The van der Waals surface area contributed by atoms with E-state index in [1.54, 1.807) is 6.26 Å². The minimum atomic E-state index is 1.07. The van der Waals surface area contributed by atoms with Crippen molar-refractivity contribution in [2.75, 3.05) is 32.7 Å². The maximum Gasteiger partial charge on any atom is 0.103 e. The first kappa shape index (κ1) is 9.74. The zero-order valence-electron chi connectivity index (χ0n) is 8.75. The Morgan fingerprint density at radius 3 is 2.86 bits per heavy atom. The van der Waals surface area contributed by atoms with E-state index in [0.29, 0.717) is 0 Å². The molecule has 3 nitrogen and oxygen atoms in total. The highest BCUT2D eigenvalue weighted by molar-refractivity contribution is 5.15. The first-order chi connectivity index (χ1) is 6.86. The van der Waals surface area contributed by atoms with Crippen LogP contribution in [0, 0.1) is 6.92 Å². The summed E-state index contributed by atoms with van der Waals surface area (Å²) in [5.41, 5.74) is 1.35. The van der Waals surface area contributed by atoms with Crippen molar-refractivity contribution >= 4 is 0 Å². The Kier molecular flexibility index (Phi) is 3.22. The van der Waals surface area contributed by atoms with Crippen molar-refractivity contribution in [3.8, 4) is 0 Å². The summed E-state index contributed by atoms with van der Waals surface area (Å²) in [7, 11) is 0. The topological polar surface area (TPSA) is 28.4 Å². The van der Waals surface area contributed by atoms with Crippen molar-refractivity contribution in [1.82, 2.24) is 10.2 Å². The SMILES string of the molecule is Cc1occc1CCN1CCNCC1. The molecule has 1 aliphatic heterocycles. The molecule has 2 rings (SSSR count). The van der Waals surface area contributed by atoms with Crippen LogP contribution in [0.1, 0.15) is 11.3 Å². The van der Waals surface area contributed by atoms with Gasteiger partial charge in [0.25, 0.3) is 0 Å². The predicted molar refractivity (Wildman–Crippen MR) is 56.5 cm³/mol. The zero-order valence-corrected chi connectivity index (χ0v) is 8.75. The molecule has 1 N–H and O–H groups in total. The van der Waals surface area contributed by atoms with Crippen molar-refractivity contribution in [1.29, 1.82) is 0 Å². The van der Waals surface area contributed by atoms with Crippen LogP contribution in [0.5, 0.6) is 0 Å². The number of hydrogen-bond acceptors (Lipinski definition) is 3. The molecule has 0 aliphatic carbocycles. The minimum absolute atomic E-state index is 1.07. The van der Waals surface area contributed by atoms with Gasteiger partial charge in [-0.05, 0) is 25.0 Å². The van der Waals surface area contributed by atoms with Crippen LogP contribution in [0.15, 0.2) is 16.7 Å². The van der Waals surface area contributed by atoms with E-state index >= 15 is 0 Å². The van der Waals surface area contributed by atoms with Crippen LogP contribution in [-0.2, 0) is 6.42 Å². The average Bonchev–Trinajstić information content (AvgIpc) is 2.63. The van der Waals surface area contributed by atoms with Gasteiger partial charge in [-0.1, -0.05) is 0 Å². The molecule has 1 aromatic heterocycles. The summed E-state index contributed by atoms with van der Waals surface area (Å²) in [6.45, 7) is 7.80.